The van der Waals surface area contributed by atoms with Crippen molar-refractivity contribution in [3.8, 4) is 0 Å². The SMILES string of the molecule is CCCCCCCOCCCCN(CCCCOCCCCN)COCCCCNCC. The number of ether oxygens (including phenoxy) is 3. The van der Waals surface area contributed by atoms with Gasteiger partial charge >= 0.3 is 0 Å². The average Bonchev–Trinajstić information content (AvgIpc) is 2.80. The fourth-order valence-corrected chi connectivity index (χ4v) is 3.50. The van der Waals surface area contributed by atoms with Crippen molar-refractivity contribution in [2.75, 3.05) is 72.5 Å². The van der Waals surface area contributed by atoms with E-state index in [0.717, 1.165) is 111 Å². The lowest BCUT2D eigenvalue weighted by molar-refractivity contribution is 0.0222. The molecule has 0 aliphatic rings. The first-order chi connectivity index (χ1) is 15.8. The van der Waals surface area contributed by atoms with Crippen LogP contribution in [0.4, 0.5) is 0 Å². The standard InChI is InChI=1S/C26H57N3O3/c1-3-5-6-7-12-21-30-23-15-10-19-29(26-32-25-14-9-18-28-4-2)20-11-16-24-31-22-13-8-17-27/h28H,3-27H2,1-2H3. The van der Waals surface area contributed by atoms with E-state index in [1.807, 2.05) is 0 Å². The first-order valence-electron chi connectivity index (χ1n) is 13.7. The predicted octanol–water partition coefficient (Wildman–Crippen LogP) is 4.96. The second-order valence-corrected chi connectivity index (χ2v) is 8.76. The molecule has 0 aliphatic heterocycles. The molecule has 0 saturated heterocycles. The second-order valence-electron chi connectivity index (χ2n) is 8.76. The summed E-state index contributed by atoms with van der Waals surface area (Å²) in [6, 6.07) is 0. The third kappa shape index (κ3) is 26.0. The van der Waals surface area contributed by atoms with Crippen molar-refractivity contribution in [2.45, 2.75) is 97.3 Å². The van der Waals surface area contributed by atoms with Crippen LogP contribution in [0.15, 0.2) is 0 Å². The molecule has 0 unspecified atom stereocenters. The molecular weight excluding hydrogens is 402 g/mol. The summed E-state index contributed by atoms with van der Waals surface area (Å²) in [6.07, 6.45) is 15.6. The van der Waals surface area contributed by atoms with Crippen molar-refractivity contribution in [3.63, 3.8) is 0 Å². The molecule has 0 radical (unpaired) electrons. The summed E-state index contributed by atoms with van der Waals surface area (Å²) in [4.78, 5) is 2.46. The summed E-state index contributed by atoms with van der Waals surface area (Å²) in [5, 5.41) is 3.37. The van der Waals surface area contributed by atoms with Crippen LogP contribution in [0.3, 0.4) is 0 Å². The molecule has 0 fully saturated rings. The fraction of sp³-hybridized carbons (Fsp3) is 1.00. The molecule has 0 rings (SSSR count). The Morgan fingerprint density at radius 1 is 0.594 bits per heavy atom. The molecule has 6 nitrogen and oxygen atoms in total. The summed E-state index contributed by atoms with van der Waals surface area (Å²) in [6.45, 7) is 14.6. The third-order valence-electron chi connectivity index (χ3n) is 5.58. The Labute approximate surface area is 200 Å². The van der Waals surface area contributed by atoms with Gasteiger partial charge in [0.1, 0.15) is 0 Å². The Balaban J connectivity index is 3.81. The van der Waals surface area contributed by atoms with Crippen molar-refractivity contribution >= 4 is 0 Å². The maximum Gasteiger partial charge on any atom is 0.0990 e. The van der Waals surface area contributed by atoms with Gasteiger partial charge < -0.3 is 25.3 Å². The molecule has 32 heavy (non-hydrogen) atoms. The normalized spacial score (nSPS) is 11.6. The van der Waals surface area contributed by atoms with Gasteiger partial charge in [-0.1, -0.05) is 39.5 Å². The number of hydrogen-bond acceptors (Lipinski definition) is 6. The van der Waals surface area contributed by atoms with E-state index in [2.05, 4.69) is 24.1 Å². The minimum absolute atomic E-state index is 0.747. The Hall–Kier alpha value is -0.240. The van der Waals surface area contributed by atoms with Gasteiger partial charge in [0.05, 0.1) is 6.73 Å². The van der Waals surface area contributed by atoms with Crippen LogP contribution in [0.25, 0.3) is 0 Å². The fourth-order valence-electron chi connectivity index (χ4n) is 3.50. The number of unbranched alkanes of at least 4 members (excludes halogenated alkanes) is 8. The third-order valence-corrected chi connectivity index (χ3v) is 5.58. The minimum Gasteiger partial charge on any atom is -0.381 e. The highest BCUT2D eigenvalue weighted by molar-refractivity contribution is 4.56. The van der Waals surface area contributed by atoms with Gasteiger partial charge in [0, 0.05) is 46.1 Å². The molecule has 0 aliphatic carbocycles. The number of nitrogens with one attached hydrogen (secondary N) is 1. The minimum atomic E-state index is 0.747. The number of rotatable bonds is 28. The van der Waals surface area contributed by atoms with Crippen molar-refractivity contribution in [2.24, 2.45) is 5.73 Å². The highest BCUT2D eigenvalue weighted by Crippen LogP contribution is 2.04. The summed E-state index contributed by atoms with van der Waals surface area (Å²) < 4.78 is 17.5. The zero-order valence-corrected chi connectivity index (χ0v) is 21.7. The van der Waals surface area contributed by atoms with Crippen LogP contribution in [-0.4, -0.2) is 77.4 Å². The van der Waals surface area contributed by atoms with E-state index in [-0.39, 0.29) is 0 Å². The molecule has 194 valence electrons. The zero-order chi connectivity index (χ0) is 23.4. The van der Waals surface area contributed by atoms with E-state index >= 15 is 0 Å². The van der Waals surface area contributed by atoms with Crippen molar-refractivity contribution in [1.29, 1.82) is 0 Å². The lowest BCUT2D eigenvalue weighted by Crippen LogP contribution is -2.29. The van der Waals surface area contributed by atoms with E-state index in [1.165, 1.54) is 44.9 Å². The largest absolute Gasteiger partial charge is 0.381 e. The number of nitrogens with zero attached hydrogens (tertiary/aromatic N) is 1. The van der Waals surface area contributed by atoms with E-state index in [4.69, 9.17) is 19.9 Å². The van der Waals surface area contributed by atoms with E-state index in [1.54, 1.807) is 0 Å². The van der Waals surface area contributed by atoms with Gasteiger partial charge in [-0.15, -0.1) is 0 Å². The smallest absolute Gasteiger partial charge is 0.0990 e. The van der Waals surface area contributed by atoms with Gasteiger partial charge in [0.15, 0.2) is 0 Å². The van der Waals surface area contributed by atoms with Gasteiger partial charge in [-0.3, -0.25) is 4.90 Å². The van der Waals surface area contributed by atoms with Gasteiger partial charge in [-0.2, -0.15) is 0 Å². The number of hydrogen-bond donors (Lipinski definition) is 2. The molecule has 0 saturated carbocycles. The quantitative estimate of drug-likeness (QED) is 0.127. The predicted molar refractivity (Wildman–Crippen MR) is 137 cm³/mol. The molecule has 0 amide bonds. The first kappa shape index (κ1) is 31.8. The van der Waals surface area contributed by atoms with E-state index in [0.29, 0.717) is 0 Å². The Morgan fingerprint density at radius 3 is 1.72 bits per heavy atom. The highest BCUT2D eigenvalue weighted by atomic mass is 16.5. The van der Waals surface area contributed by atoms with Gasteiger partial charge in [0.2, 0.25) is 0 Å². The molecule has 0 aromatic heterocycles. The van der Waals surface area contributed by atoms with Crippen LogP contribution in [0.5, 0.6) is 0 Å². The molecule has 0 aromatic rings. The van der Waals surface area contributed by atoms with Gasteiger partial charge in [-0.05, 0) is 77.4 Å². The topological polar surface area (TPSA) is 69.0 Å². The molecule has 0 bridgehead atoms. The molecular formula is C26H57N3O3. The maximum atomic E-state index is 5.96. The van der Waals surface area contributed by atoms with Crippen molar-refractivity contribution in [1.82, 2.24) is 10.2 Å². The molecule has 3 N–H and O–H groups in total. The zero-order valence-electron chi connectivity index (χ0n) is 21.7. The van der Waals surface area contributed by atoms with Gasteiger partial charge in [-0.25, -0.2) is 0 Å². The van der Waals surface area contributed by atoms with Crippen LogP contribution in [-0.2, 0) is 14.2 Å². The van der Waals surface area contributed by atoms with Gasteiger partial charge in [0.25, 0.3) is 0 Å². The van der Waals surface area contributed by atoms with E-state index in [9.17, 15) is 0 Å². The monoisotopic (exact) mass is 459 g/mol. The maximum absolute atomic E-state index is 5.96. The summed E-state index contributed by atoms with van der Waals surface area (Å²) in [5.41, 5.74) is 5.52. The summed E-state index contributed by atoms with van der Waals surface area (Å²) >= 11 is 0. The van der Waals surface area contributed by atoms with Crippen LogP contribution >= 0.6 is 0 Å². The molecule has 0 atom stereocenters. The molecule has 0 aromatic carbocycles. The average molecular weight is 460 g/mol. The lowest BCUT2D eigenvalue weighted by Gasteiger charge is -2.22. The van der Waals surface area contributed by atoms with Crippen LogP contribution in [0.2, 0.25) is 0 Å². The Kier molecular flexibility index (Phi) is 28.6. The lowest BCUT2D eigenvalue weighted by atomic mass is 10.2. The second kappa shape index (κ2) is 28.8. The first-order valence-corrected chi connectivity index (χ1v) is 13.7. The van der Waals surface area contributed by atoms with Crippen LogP contribution in [0.1, 0.15) is 97.3 Å². The van der Waals surface area contributed by atoms with Crippen molar-refractivity contribution in [3.05, 3.63) is 0 Å². The Morgan fingerprint density at radius 2 is 1.12 bits per heavy atom. The summed E-state index contributed by atoms with van der Waals surface area (Å²) in [7, 11) is 0. The molecule has 0 heterocycles. The van der Waals surface area contributed by atoms with Crippen LogP contribution in [0, 0.1) is 0 Å². The molecule has 0 spiro atoms. The molecule has 6 heteroatoms. The number of nitrogens with two attached hydrogens (primary N) is 1. The summed E-state index contributed by atoms with van der Waals surface area (Å²) in [5.74, 6) is 0. The van der Waals surface area contributed by atoms with Crippen molar-refractivity contribution < 1.29 is 14.2 Å². The highest BCUT2D eigenvalue weighted by Gasteiger charge is 2.05. The Bertz CT molecular complexity index is 335. The van der Waals surface area contributed by atoms with Crippen LogP contribution < -0.4 is 11.1 Å². The van der Waals surface area contributed by atoms with E-state index < -0.39 is 0 Å².